The van der Waals surface area contributed by atoms with Crippen LogP contribution < -0.4 is 5.73 Å². The average Bonchev–Trinajstić information content (AvgIpc) is 2.14. The first kappa shape index (κ1) is 13.8. The molecule has 2 unspecified atom stereocenters. The Hall–Kier alpha value is -0.160. The normalized spacial score (nSPS) is 17.8. The zero-order valence-electron chi connectivity index (χ0n) is 9.45. The van der Waals surface area contributed by atoms with Crippen LogP contribution in [0.15, 0.2) is 0 Å². The fraction of sp³-hybridized carbons (Fsp3) is 1.00. The number of aliphatic hydroxyl groups excluding tert-OH is 1. The molecule has 0 fully saturated rings. The third kappa shape index (κ3) is 7.26. The summed E-state index contributed by atoms with van der Waals surface area (Å²) in [5.41, 5.74) is 5.20. The van der Waals surface area contributed by atoms with Gasteiger partial charge in [-0.3, -0.25) is 0 Å². The van der Waals surface area contributed by atoms with Gasteiger partial charge in [-0.05, 0) is 27.2 Å². The quantitative estimate of drug-likeness (QED) is 0.606. The monoisotopic (exact) mass is 205 g/mol. The second-order valence-electron chi connectivity index (χ2n) is 3.90. The van der Waals surface area contributed by atoms with E-state index in [1.807, 2.05) is 20.8 Å². The van der Waals surface area contributed by atoms with Gasteiger partial charge in [-0.15, -0.1) is 0 Å². The average molecular weight is 205 g/mol. The fourth-order valence-electron chi connectivity index (χ4n) is 0.904. The highest BCUT2D eigenvalue weighted by Gasteiger charge is 2.16. The third-order valence-electron chi connectivity index (χ3n) is 1.99. The van der Waals surface area contributed by atoms with Gasteiger partial charge >= 0.3 is 0 Å². The standard InChI is InChI=1S/C10H23NO3/c1-4-13-7-9(2)14-6-5-10(3,11)8-12/h9,12H,4-8,11H2,1-3H3. The van der Waals surface area contributed by atoms with Crippen molar-refractivity contribution in [3.63, 3.8) is 0 Å². The van der Waals surface area contributed by atoms with Gasteiger partial charge < -0.3 is 20.3 Å². The van der Waals surface area contributed by atoms with Crippen LogP contribution in [0.4, 0.5) is 0 Å². The first-order valence-electron chi connectivity index (χ1n) is 5.11. The van der Waals surface area contributed by atoms with Gasteiger partial charge in [-0.2, -0.15) is 0 Å². The number of ether oxygens (including phenoxy) is 2. The molecule has 0 spiro atoms. The molecule has 3 N–H and O–H groups in total. The van der Waals surface area contributed by atoms with Gasteiger partial charge in [0, 0.05) is 18.8 Å². The predicted molar refractivity (Wildman–Crippen MR) is 56.2 cm³/mol. The van der Waals surface area contributed by atoms with Crippen LogP contribution in [0, 0.1) is 0 Å². The molecule has 0 aliphatic heterocycles. The molecule has 0 saturated carbocycles. The number of nitrogens with two attached hydrogens (primary N) is 1. The Morgan fingerprint density at radius 3 is 2.64 bits per heavy atom. The summed E-state index contributed by atoms with van der Waals surface area (Å²) >= 11 is 0. The van der Waals surface area contributed by atoms with E-state index in [-0.39, 0.29) is 12.7 Å². The van der Waals surface area contributed by atoms with E-state index >= 15 is 0 Å². The molecule has 14 heavy (non-hydrogen) atoms. The number of rotatable bonds is 8. The first-order valence-corrected chi connectivity index (χ1v) is 5.11. The molecule has 0 bridgehead atoms. The molecule has 2 atom stereocenters. The van der Waals surface area contributed by atoms with Gasteiger partial charge in [-0.25, -0.2) is 0 Å². The van der Waals surface area contributed by atoms with Crippen molar-refractivity contribution in [1.82, 2.24) is 0 Å². The summed E-state index contributed by atoms with van der Waals surface area (Å²) < 4.78 is 10.7. The Balaban J connectivity index is 3.43. The molecular formula is C10H23NO3. The summed E-state index contributed by atoms with van der Waals surface area (Å²) in [7, 11) is 0. The fourth-order valence-corrected chi connectivity index (χ4v) is 0.904. The van der Waals surface area contributed by atoms with Crippen molar-refractivity contribution in [3.05, 3.63) is 0 Å². The lowest BCUT2D eigenvalue weighted by Gasteiger charge is -2.22. The first-order chi connectivity index (χ1) is 6.52. The minimum Gasteiger partial charge on any atom is -0.394 e. The van der Waals surface area contributed by atoms with Gasteiger partial charge in [0.05, 0.1) is 19.3 Å². The zero-order chi connectivity index (χ0) is 11.0. The van der Waals surface area contributed by atoms with Gasteiger partial charge in [0.2, 0.25) is 0 Å². The molecule has 0 aromatic heterocycles. The molecule has 0 rings (SSSR count). The van der Waals surface area contributed by atoms with Crippen LogP contribution in [-0.4, -0.2) is 43.2 Å². The van der Waals surface area contributed by atoms with Crippen LogP contribution in [0.1, 0.15) is 27.2 Å². The number of hydrogen-bond acceptors (Lipinski definition) is 4. The maximum absolute atomic E-state index is 8.90. The van der Waals surface area contributed by atoms with E-state index in [1.165, 1.54) is 0 Å². The number of hydrogen-bond donors (Lipinski definition) is 2. The Morgan fingerprint density at radius 2 is 2.14 bits per heavy atom. The summed E-state index contributed by atoms with van der Waals surface area (Å²) in [6, 6.07) is 0. The summed E-state index contributed by atoms with van der Waals surface area (Å²) in [6.45, 7) is 7.58. The summed E-state index contributed by atoms with van der Waals surface area (Å²) in [5, 5.41) is 8.90. The predicted octanol–water partition coefficient (Wildman–Crippen LogP) is 0.528. The van der Waals surface area contributed by atoms with Crippen LogP contribution in [0.25, 0.3) is 0 Å². The minimum atomic E-state index is -0.536. The second-order valence-corrected chi connectivity index (χ2v) is 3.90. The Labute approximate surface area is 86.4 Å². The molecule has 0 radical (unpaired) electrons. The molecule has 4 heteroatoms. The van der Waals surface area contributed by atoms with E-state index in [0.29, 0.717) is 26.2 Å². The maximum Gasteiger partial charge on any atom is 0.0780 e. The summed E-state index contributed by atoms with van der Waals surface area (Å²) in [5.74, 6) is 0. The Kier molecular flexibility index (Phi) is 7.09. The lowest BCUT2D eigenvalue weighted by molar-refractivity contribution is -0.0109. The van der Waals surface area contributed by atoms with Gasteiger partial charge in [0.25, 0.3) is 0 Å². The summed E-state index contributed by atoms with van der Waals surface area (Å²) in [4.78, 5) is 0. The minimum absolute atomic E-state index is 0.0177. The van der Waals surface area contributed by atoms with E-state index in [1.54, 1.807) is 0 Å². The Morgan fingerprint density at radius 1 is 1.50 bits per heavy atom. The molecule has 0 aromatic carbocycles. The van der Waals surface area contributed by atoms with Crippen LogP contribution in [-0.2, 0) is 9.47 Å². The highest BCUT2D eigenvalue weighted by molar-refractivity contribution is 4.76. The van der Waals surface area contributed by atoms with Crippen LogP contribution >= 0.6 is 0 Å². The van der Waals surface area contributed by atoms with Crippen LogP contribution in [0.3, 0.4) is 0 Å². The van der Waals surface area contributed by atoms with E-state index < -0.39 is 5.54 Å². The molecule has 0 aliphatic rings. The largest absolute Gasteiger partial charge is 0.394 e. The van der Waals surface area contributed by atoms with Crippen molar-refractivity contribution in [3.8, 4) is 0 Å². The van der Waals surface area contributed by atoms with Gasteiger partial charge in [-0.1, -0.05) is 0 Å². The lowest BCUT2D eigenvalue weighted by Crippen LogP contribution is -2.41. The van der Waals surface area contributed by atoms with E-state index in [2.05, 4.69) is 0 Å². The van der Waals surface area contributed by atoms with E-state index in [0.717, 1.165) is 0 Å². The van der Waals surface area contributed by atoms with Crippen LogP contribution in [0.5, 0.6) is 0 Å². The highest BCUT2D eigenvalue weighted by atomic mass is 16.5. The van der Waals surface area contributed by atoms with Crippen LogP contribution in [0.2, 0.25) is 0 Å². The molecule has 0 amide bonds. The van der Waals surface area contributed by atoms with Crippen molar-refractivity contribution in [2.75, 3.05) is 26.4 Å². The Bertz CT molecular complexity index is 139. The topological polar surface area (TPSA) is 64.7 Å². The van der Waals surface area contributed by atoms with Gasteiger partial charge in [0.15, 0.2) is 0 Å². The SMILES string of the molecule is CCOCC(C)OCCC(C)(N)CO. The van der Waals surface area contributed by atoms with Crippen molar-refractivity contribution in [2.45, 2.75) is 38.8 Å². The molecule has 0 aromatic rings. The number of aliphatic hydroxyl groups is 1. The van der Waals surface area contributed by atoms with Crippen molar-refractivity contribution >= 4 is 0 Å². The van der Waals surface area contributed by atoms with Gasteiger partial charge in [0.1, 0.15) is 0 Å². The van der Waals surface area contributed by atoms with E-state index in [9.17, 15) is 0 Å². The van der Waals surface area contributed by atoms with Crippen molar-refractivity contribution in [2.24, 2.45) is 5.73 Å². The highest BCUT2D eigenvalue weighted by Crippen LogP contribution is 2.05. The molecule has 0 aliphatic carbocycles. The lowest BCUT2D eigenvalue weighted by atomic mass is 10.0. The molecule has 4 nitrogen and oxygen atoms in total. The van der Waals surface area contributed by atoms with Crippen molar-refractivity contribution in [1.29, 1.82) is 0 Å². The van der Waals surface area contributed by atoms with Crippen molar-refractivity contribution < 1.29 is 14.6 Å². The molecular weight excluding hydrogens is 182 g/mol. The molecule has 0 heterocycles. The smallest absolute Gasteiger partial charge is 0.0780 e. The maximum atomic E-state index is 8.90. The zero-order valence-corrected chi connectivity index (χ0v) is 9.45. The third-order valence-corrected chi connectivity index (χ3v) is 1.99. The van der Waals surface area contributed by atoms with E-state index in [4.69, 9.17) is 20.3 Å². The molecule has 86 valence electrons. The second kappa shape index (κ2) is 7.17. The summed E-state index contributed by atoms with van der Waals surface area (Å²) in [6.07, 6.45) is 0.740. The molecule has 0 saturated heterocycles.